The Morgan fingerprint density at radius 3 is 2.20 bits per heavy atom. The lowest BCUT2D eigenvalue weighted by Gasteiger charge is -2.39. The number of hydrogen-bond acceptors (Lipinski definition) is 5. The van der Waals surface area contributed by atoms with Gasteiger partial charge in [-0.25, -0.2) is 17.8 Å². The normalized spacial score (nSPS) is 16.3. The second kappa shape index (κ2) is 10.6. The molecule has 0 aliphatic carbocycles. The van der Waals surface area contributed by atoms with Gasteiger partial charge in [0.15, 0.2) is 0 Å². The van der Waals surface area contributed by atoms with E-state index in [1.54, 1.807) is 0 Å². The van der Waals surface area contributed by atoms with Crippen LogP contribution in [0.3, 0.4) is 0 Å². The molecule has 7 nitrogen and oxygen atoms in total. The molecule has 0 radical (unpaired) electrons. The van der Waals surface area contributed by atoms with Gasteiger partial charge in [-0.15, -0.1) is 0 Å². The summed E-state index contributed by atoms with van der Waals surface area (Å²) in [7, 11) is -4.63. The van der Waals surface area contributed by atoms with Crippen LogP contribution in [0.1, 0.15) is 27.9 Å². The highest BCUT2D eigenvalue weighted by Gasteiger charge is 2.71. The molecule has 2 heterocycles. The number of sulfonamides is 1. The summed E-state index contributed by atoms with van der Waals surface area (Å²) < 4.78 is 136. The van der Waals surface area contributed by atoms with Gasteiger partial charge in [-0.3, -0.25) is 9.10 Å². The minimum absolute atomic E-state index is 0.148. The third-order valence-corrected chi connectivity index (χ3v) is 8.37. The van der Waals surface area contributed by atoms with Crippen molar-refractivity contribution >= 4 is 21.6 Å². The molecule has 2 aromatic carbocycles. The van der Waals surface area contributed by atoms with Crippen LogP contribution in [0.2, 0.25) is 0 Å². The number of aromatic nitrogens is 1. The fraction of sp³-hybridized carbons (Fsp3) is 0.280. The number of nitrogens with zero attached hydrogens (tertiary/aromatic N) is 2. The molecular weight excluding hydrogens is 590 g/mol. The fourth-order valence-electron chi connectivity index (χ4n) is 4.44. The number of alkyl halides is 6. The van der Waals surface area contributed by atoms with Gasteiger partial charge in [0, 0.05) is 29.9 Å². The molecule has 0 saturated carbocycles. The number of amides is 1. The van der Waals surface area contributed by atoms with Gasteiger partial charge in [0.1, 0.15) is 5.82 Å². The van der Waals surface area contributed by atoms with E-state index < -0.39 is 68.7 Å². The van der Waals surface area contributed by atoms with Crippen molar-refractivity contribution < 1.29 is 53.4 Å². The van der Waals surface area contributed by atoms with E-state index in [2.05, 4.69) is 10.3 Å². The Bertz CT molecular complexity index is 1550. The van der Waals surface area contributed by atoms with Crippen LogP contribution in [0.15, 0.2) is 65.7 Å². The van der Waals surface area contributed by atoms with Crippen LogP contribution in [-0.2, 0) is 22.0 Å². The van der Waals surface area contributed by atoms with E-state index in [1.807, 2.05) is 0 Å². The minimum Gasteiger partial charge on any atom is -0.369 e. The number of anilines is 1. The molecule has 0 saturated heterocycles. The predicted molar refractivity (Wildman–Crippen MR) is 127 cm³/mol. The Kier molecular flexibility index (Phi) is 7.77. The zero-order valence-electron chi connectivity index (χ0n) is 20.5. The van der Waals surface area contributed by atoms with E-state index in [-0.39, 0.29) is 29.7 Å². The van der Waals surface area contributed by atoms with Crippen molar-refractivity contribution in [1.82, 2.24) is 10.3 Å². The molecular formula is C25H19F8N3O4S. The number of aryl methyl sites for hydroxylation is 1. The third kappa shape index (κ3) is 5.57. The number of benzene rings is 2. The molecule has 1 aliphatic heterocycles. The van der Waals surface area contributed by atoms with Crippen LogP contribution in [0.4, 0.5) is 40.8 Å². The summed E-state index contributed by atoms with van der Waals surface area (Å²) in [6, 6.07) is 5.82. The van der Waals surface area contributed by atoms with Crippen molar-refractivity contribution in [3.63, 3.8) is 0 Å². The summed E-state index contributed by atoms with van der Waals surface area (Å²) in [6.45, 7) is -0.403. The van der Waals surface area contributed by atoms with Crippen LogP contribution in [0, 0.1) is 11.8 Å². The van der Waals surface area contributed by atoms with Gasteiger partial charge in [0.05, 0.1) is 16.6 Å². The van der Waals surface area contributed by atoms with Crippen molar-refractivity contribution in [3.05, 3.63) is 89.2 Å². The van der Waals surface area contributed by atoms with E-state index in [0.29, 0.717) is 22.5 Å². The number of pyridine rings is 1. The van der Waals surface area contributed by atoms with Gasteiger partial charge in [-0.1, -0.05) is 12.1 Å². The standard InChI is InChI=1S/C25H19F8N3O4S/c26-17-3-6-19(7-4-17)41(39,40)36-18(13-35-22(37)15-9-10-34-21(27)12-15)5-1-14-11-16(2-8-20(14)36)23(38,24(28,29)30)25(31,32)33/h2-4,6-12,18,38H,1,5,13H2,(H,35,37)/t18-/m0/s1. The Labute approximate surface area is 227 Å². The Hall–Kier alpha value is -3.79. The lowest BCUT2D eigenvalue weighted by Crippen LogP contribution is -2.54. The van der Waals surface area contributed by atoms with Gasteiger partial charge in [0.2, 0.25) is 5.95 Å². The monoisotopic (exact) mass is 609 g/mol. The number of fused-ring (bicyclic) bond motifs is 1. The van der Waals surface area contributed by atoms with Crippen molar-refractivity contribution in [2.24, 2.45) is 0 Å². The van der Waals surface area contributed by atoms with Crippen molar-refractivity contribution in [3.8, 4) is 0 Å². The smallest absolute Gasteiger partial charge is 0.369 e. The first-order valence-electron chi connectivity index (χ1n) is 11.7. The summed E-state index contributed by atoms with van der Waals surface area (Å²) >= 11 is 0. The number of hydrogen-bond donors (Lipinski definition) is 2. The molecule has 0 fully saturated rings. The van der Waals surface area contributed by atoms with E-state index in [4.69, 9.17) is 0 Å². The van der Waals surface area contributed by atoms with Gasteiger partial charge in [0.25, 0.3) is 21.5 Å². The van der Waals surface area contributed by atoms with Crippen molar-refractivity contribution in [1.29, 1.82) is 0 Å². The summed E-state index contributed by atoms with van der Waals surface area (Å²) in [5.74, 6) is -2.55. The maximum atomic E-state index is 13.7. The second-order valence-corrected chi connectivity index (χ2v) is 10.9. The zero-order chi connectivity index (χ0) is 30.4. The molecule has 41 heavy (non-hydrogen) atoms. The van der Waals surface area contributed by atoms with Gasteiger partial charge < -0.3 is 10.4 Å². The van der Waals surface area contributed by atoms with Crippen LogP contribution in [0.5, 0.6) is 0 Å². The van der Waals surface area contributed by atoms with Gasteiger partial charge in [-0.2, -0.15) is 30.7 Å². The molecule has 1 aliphatic rings. The molecule has 1 atom stereocenters. The Balaban J connectivity index is 1.78. The zero-order valence-corrected chi connectivity index (χ0v) is 21.3. The Morgan fingerprint density at radius 1 is 0.976 bits per heavy atom. The lowest BCUT2D eigenvalue weighted by atomic mass is 9.88. The number of aliphatic hydroxyl groups is 1. The minimum atomic E-state index is -6.16. The van der Waals surface area contributed by atoms with E-state index in [0.717, 1.165) is 36.5 Å². The Morgan fingerprint density at radius 2 is 1.61 bits per heavy atom. The fourth-order valence-corrected chi connectivity index (χ4v) is 6.15. The van der Waals surface area contributed by atoms with Crippen molar-refractivity contribution in [2.75, 3.05) is 10.8 Å². The molecule has 4 rings (SSSR count). The van der Waals surface area contributed by atoms with Crippen LogP contribution < -0.4 is 9.62 Å². The SMILES string of the molecule is O=C(NC[C@@H]1CCc2cc(C(O)(C(F)(F)F)C(F)(F)F)ccc2N1S(=O)(=O)c1ccc(F)cc1)c1ccnc(F)c1. The van der Waals surface area contributed by atoms with Crippen LogP contribution >= 0.6 is 0 Å². The second-order valence-electron chi connectivity index (χ2n) is 9.07. The first kappa shape index (κ1) is 30.2. The topological polar surface area (TPSA) is 99.6 Å². The summed E-state index contributed by atoms with van der Waals surface area (Å²) in [4.78, 5) is 15.4. The molecule has 16 heteroatoms. The summed E-state index contributed by atoms with van der Waals surface area (Å²) in [6.07, 6.45) is -11.7. The van der Waals surface area contributed by atoms with E-state index in [9.17, 15) is 53.4 Å². The number of carbonyl (C=O) groups excluding carboxylic acids is 1. The lowest BCUT2D eigenvalue weighted by molar-refractivity contribution is -0.376. The molecule has 1 amide bonds. The molecule has 1 aromatic heterocycles. The number of carbonyl (C=O) groups is 1. The number of halogens is 8. The highest BCUT2D eigenvalue weighted by atomic mass is 32.2. The third-order valence-electron chi connectivity index (χ3n) is 6.49. The molecule has 0 bridgehead atoms. The van der Waals surface area contributed by atoms with Gasteiger partial charge in [-0.05, 0) is 54.8 Å². The van der Waals surface area contributed by atoms with Crippen molar-refractivity contribution in [2.45, 2.75) is 41.7 Å². The van der Waals surface area contributed by atoms with Gasteiger partial charge >= 0.3 is 12.4 Å². The first-order chi connectivity index (χ1) is 19.0. The summed E-state index contributed by atoms with van der Waals surface area (Å²) in [5.41, 5.74) is -7.53. The molecule has 2 N–H and O–H groups in total. The summed E-state index contributed by atoms with van der Waals surface area (Å²) in [5, 5.41) is 12.2. The highest BCUT2D eigenvalue weighted by Crippen LogP contribution is 2.51. The van der Waals surface area contributed by atoms with E-state index in [1.165, 1.54) is 6.07 Å². The average Bonchev–Trinajstić information content (AvgIpc) is 2.89. The van der Waals surface area contributed by atoms with E-state index >= 15 is 0 Å². The predicted octanol–water partition coefficient (Wildman–Crippen LogP) is 4.61. The quantitative estimate of drug-likeness (QED) is 0.314. The maximum absolute atomic E-state index is 13.7. The number of nitrogens with one attached hydrogen (secondary N) is 1. The average molecular weight is 609 g/mol. The first-order valence-corrected chi connectivity index (χ1v) is 13.1. The van der Waals surface area contributed by atoms with Crippen LogP contribution in [0.25, 0.3) is 0 Å². The molecule has 0 spiro atoms. The maximum Gasteiger partial charge on any atom is 0.430 e. The van der Waals surface area contributed by atoms with Crippen LogP contribution in [-0.4, -0.2) is 49.4 Å². The largest absolute Gasteiger partial charge is 0.430 e. The number of rotatable bonds is 6. The molecule has 0 unspecified atom stereocenters. The molecule has 220 valence electrons. The molecule has 3 aromatic rings. The highest BCUT2D eigenvalue weighted by molar-refractivity contribution is 7.92.